The van der Waals surface area contributed by atoms with E-state index in [9.17, 15) is 5.11 Å². The first-order chi connectivity index (χ1) is 7.29. The van der Waals surface area contributed by atoms with Crippen molar-refractivity contribution in [2.75, 3.05) is 7.11 Å². The van der Waals surface area contributed by atoms with Crippen molar-refractivity contribution in [1.29, 1.82) is 0 Å². The Kier molecular flexibility index (Phi) is 5.78. The highest BCUT2D eigenvalue weighted by atomic mass is 79.9. The van der Waals surface area contributed by atoms with Gasteiger partial charge in [-0.05, 0) is 17.5 Å². The third-order valence-electron chi connectivity index (χ3n) is 2.59. The van der Waals surface area contributed by atoms with Crippen molar-refractivity contribution in [2.45, 2.75) is 26.8 Å². The van der Waals surface area contributed by atoms with Gasteiger partial charge >= 0.3 is 0 Å². The molecule has 0 saturated heterocycles. The Morgan fingerprint density at radius 2 is 1.88 bits per heavy atom. The number of ether oxygens (including phenoxy) is 1. The van der Waals surface area contributed by atoms with E-state index in [1.807, 2.05) is 26.8 Å². The number of benzene rings is 1. The second kappa shape index (κ2) is 5.94. The van der Waals surface area contributed by atoms with Crippen LogP contribution in [0.25, 0.3) is 0 Å². The zero-order valence-electron chi connectivity index (χ0n) is 10.5. The number of nitrogens with two attached hydrogens (primary N) is 1. The van der Waals surface area contributed by atoms with Gasteiger partial charge in [-0.1, -0.05) is 36.7 Å². The minimum Gasteiger partial charge on any atom is -0.504 e. The van der Waals surface area contributed by atoms with Crippen LogP contribution in [0.2, 0.25) is 0 Å². The largest absolute Gasteiger partial charge is 0.504 e. The molecule has 17 heavy (non-hydrogen) atoms. The molecule has 0 saturated carbocycles. The molecule has 0 aliphatic carbocycles. The van der Waals surface area contributed by atoms with Gasteiger partial charge in [0.05, 0.1) is 7.11 Å². The summed E-state index contributed by atoms with van der Waals surface area (Å²) in [6.07, 6.45) is 0. The average Bonchev–Trinajstić information content (AvgIpc) is 2.16. The minimum absolute atomic E-state index is 0. The Hall–Kier alpha value is -0.450. The molecular formula is C12H19BrClNO2. The second-order valence-electron chi connectivity index (χ2n) is 4.86. The number of methoxy groups -OCH3 is 1. The van der Waals surface area contributed by atoms with E-state index in [-0.39, 0.29) is 29.6 Å². The van der Waals surface area contributed by atoms with Gasteiger partial charge in [0.15, 0.2) is 11.5 Å². The van der Waals surface area contributed by atoms with Crippen molar-refractivity contribution in [3.8, 4) is 11.5 Å². The smallest absolute Gasteiger partial charge is 0.163 e. The number of phenols is 1. The van der Waals surface area contributed by atoms with Crippen LogP contribution in [0.4, 0.5) is 0 Å². The van der Waals surface area contributed by atoms with E-state index in [1.54, 1.807) is 6.07 Å². The van der Waals surface area contributed by atoms with Crippen LogP contribution in [0.1, 0.15) is 32.4 Å². The average molecular weight is 325 g/mol. The predicted molar refractivity (Wildman–Crippen MR) is 76.0 cm³/mol. The van der Waals surface area contributed by atoms with Crippen molar-refractivity contribution in [3.63, 3.8) is 0 Å². The number of halogens is 2. The van der Waals surface area contributed by atoms with Gasteiger partial charge in [-0.15, -0.1) is 12.4 Å². The van der Waals surface area contributed by atoms with E-state index in [2.05, 4.69) is 15.9 Å². The van der Waals surface area contributed by atoms with E-state index >= 15 is 0 Å². The van der Waals surface area contributed by atoms with Crippen LogP contribution in [0.15, 0.2) is 16.6 Å². The third-order valence-corrected chi connectivity index (χ3v) is 3.28. The molecule has 0 amide bonds. The molecule has 1 atom stereocenters. The predicted octanol–water partition coefficient (Wildman–Crippen LogP) is 3.63. The number of rotatable bonds is 2. The van der Waals surface area contributed by atoms with Gasteiger partial charge in [0.25, 0.3) is 0 Å². The summed E-state index contributed by atoms with van der Waals surface area (Å²) in [5.74, 6) is 0.553. The van der Waals surface area contributed by atoms with Crippen molar-refractivity contribution in [3.05, 3.63) is 22.2 Å². The van der Waals surface area contributed by atoms with Gasteiger partial charge in [0.2, 0.25) is 0 Å². The van der Waals surface area contributed by atoms with Crippen LogP contribution in [0, 0.1) is 5.41 Å². The molecule has 0 bridgehead atoms. The summed E-state index contributed by atoms with van der Waals surface area (Å²) in [4.78, 5) is 0. The second-order valence-corrected chi connectivity index (χ2v) is 5.71. The van der Waals surface area contributed by atoms with Crippen molar-refractivity contribution in [1.82, 2.24) is 0 Å². The van der Waals surface area contributed by atoms with Gasteiger partial charge in [-0.3, -0.25) is 0 Å². The lowest BCUT2D eigenvalue weighted by Crippen LogP contribution is -2.26. The Bertz CT molecular complexity index is 391. The first-order valence-electron chi connectivity index (χ1n) is 5.10. The summed E-state index contributed by atoms with van der Waals surface area (Å²) in [6, 6.07) is 3.27. The summed E-state index contributed by atoms with van der Waals surface area (Å²) in [7, 11) is 1.52. The maximum atomic E-state index is 10.1. The maximum Gasteiger partial charge on any atom is 0.163 e. The molecule has 1 aromatic rings. The van der Waals surface area contributed by atoms with Crippen LogP contribution in [0.3, 0.4) is 0 Å². The normalized spacial score (nSPS) is 12.8. The van der Waals surface area contributed by atoms with Crippen LogP contribution in [0.5, 0.6) is 11.5 Å². The molecule has 1 rings (SSSR count). The molecule has 3 nitrogen and oxygen atoms in total. The quantitative estimate of drug-likeness (QED) is 0.873. The van der Waals surface area contributed by atoms with Crippen LogP contribution in [-0.2, 0) is 0 Å². The highest BCUT2D eigenvalue weighted by Crippen LogP contribution is 2.43. The molecule has 1 aromatic carbocycles. The highest BCUT2D eigenvalue weighted by Gasteiger charge is 2.28. The molecule has 0 spiro atoms. The summed E-state index contributed by atoms with van der Waals surface area (Å²) in [6.45, 7) is 6.09. The Morgan fingerprint density at radius 3 is 2.29 bits per heavy atom. The Labute approximate surface area is 117 Å². The first kappa shape index (κ1) is 16.6. The SMILES string of the molecule is COc1ccc(Br)c([C@H](N)C(C)(C)C)c1O.Cl. The lowest BCUT2D eigenvalue weighted by Gasteiger charge is -2.29. The Morgan fingerprint density at radius 1 is 1.35 bits per heavy atom. The molecule has 0 unspecified atom stereocenters. The maximum absolute atomic E-state index is 10.1. The van der Waals surface area contributed by atoms with Crippen molar-refractivity contribution in [2.24, 2.45) is 11.1 Å². The fourth-order valence-corrected chi connectivity index (χ4v) is 2.02. The molecular weight excluding hydrogens is 305 g/mol. The lowest BCUT2D eigenvalue weighted by molar-refractivity contribution is 0.309. The first-order valence-corrected chi connectivity index (χ1v) is 5.89. The number of hydrogen-bond acceptors (Lipinski definition) is 3. The van der Waals surface area contributed by atoms with Gasteiger partial charge in [-0.25, -0.2) is 0 Å². The van der Waals surface area contributed by atoms with Crippen LogP contribution < -0.4 is 10.5 Å². The fraction of sp³-hybridized carbons (Fsp3) is 0.500. The van der Waals surface area contributed by atoms with E-state index in [1.165, 1.54) is 7.11 Å². The molecule has 98 valence electrons. The summed E-state index contributed by atoms with van der Waals surface area (Å²) in [5, 5.41) is 10.1. The number of aromatic hydroxyl groups is 1. The van der Waals surface area contributed by atoms with Crippen LogP contribution >= 0.6 is 28.3 Å². The summed E-state index contributed by atoms with van der Waals surface area (Å²) < 4.78 is 5.88. The Balaban J connectivity index is 0.00000256. The standard InChI is InChI=1S/C12H18BrNO2.ClH/c1-12(2,3)11(14)9-7(13)5-6-8(16-4)10(9)15;/h5-6,11,15H,14H2,1-4H3;1H/t11-;/m0./s1. The van der Waals surface area contributed by atoms with Gasteiger partial charge in [0, 0.05) is 16.1 Å². The van der Waals surface area contributed by atoms with E-state index < -0.39 is 0 Å². The van der Waals surface area contributed by atoms with Crippen molar-refractivity contribution >= 4 is 28.3 Å². The lowest BCUT2D eigenvalue weighted by atomic mass is 9.82. The van der Waals surface area contributed by atoms with Crippen LogP contribution in [-0.4, -0.2) is 12.2 Å². The minimum atomic E-state index is -0.267. The number of hydrogen-bond donors (Lipinski definition) is 2. The molecule has 0 aliphatic rings. The monoisotopic (exact) mass is 323 g/mol. The molecule has 3 N–H and O–H groups in total. The van der Waals surface area contributed by atoms with E-state index in [4.69, 9.17) is 10.5 Å². The van der Waals surface area contributed by atoms with E-state index in [0.29, 0.717) is 11.3 Å². The van der Waals surface area contributed by atoms with Gasteiger partial charge in [-0.2, -0.15) is 0 Å². The molecule has 0 aliphatic heterocycles. The molecule has 5 heteroatoms. The third kappa shape index (κ3) is 3.50. The topological polar surface area (TPSA) is 55.5 Å². The summed E-state index contributed by atoms with van der Waals surface area (Å²) >= 11 is 3.41. The molecule has 0 fully saturated rings. The zero-order chi connectivity index (χ0) is 12.5. The highest BCUT2D eigenvalue weighted by molar-refractivity contribution is 9.10. The van der Waals surface area contributed by atoms with Crippen molar-refractivity contribution < 1.29 is 9.84 Å². The zero-order valence-corrected chi connectivity index (χ0v) is 12.9. The fourth-order valence-electron chi connectivity index (χ4n) is 1.46. The van der Waals surface area contributed by atoms with E-state index in [0.717, 1.165) is 4.47 Å². The molecule has 0 heterocycles. The molecule has 0 radical (unpaired) electrons. The van der Waals surface area contributed by atoms with Gasteiger partial charge < -0.3 is 15.6 Å². The molecule has 0 aromatic heterocycles. The number of phenolic OH excluding ortho intramolecular Hbond substituents is 1. The summed E-state index contributed by atoms with van der Waals surface area (Å²) in [5.41, 5.74) is 6.71. The van der Waals surface area contributed by atoms with Gasteiger partial charge in [0.1, 0.15) is 0 Å².